The molecule has 1 amide bonds. The second kappa shape index (κ2) is 7.68. The minimum atomic E-state index is -0.151. The summed E-state index contributed by atoms with van der Waals surface area (Å²) in [6.07, 6.45) is 0.644. The third-order valence-electron chi connectivity index (χ3n) is 3.54. The molecule has 0 saturated heterocycles. The minimum absolute atomic E-state index is 0.151. The Morgan fingerprint density at radius 1 is 1.12 bits per heavy atom. The maximum absolute atomic E-state index is 12.2. The zero-order valence-electron chi connectivity index (χ0n) is 13.4. The molecule has 1 N–H and O–H groups in total. The van der Waals surface area contributed by atoms with Gasteiger partial charge in [0.2, 0.25) is 0 Å². The monoisotopic (exact) mass is 375 g/mol. The van der Waals surface area contributed by atoms with E-state index < -0.39 is 0 Å². The van der Waals surface area contributed by atoms with Crippen molar-refractivity contribution in [2.75, 3.05) is 6.54 Å². The summed E-state index contributed by atoms with van der Waals surface area (Å²) in [6, 6.07) is 12.3. The van der Waals surface area contributed by atoms with E-state index in [1.54, 1.807) is 37.3 Å². The van der Waals surface area contributed by atoms with Crippen molar-refractivity contribution in [1.29, 1.82) is 0 Å². The lowest BCUT2D eigenvalue weighted by atomic mass is 10.1. The summed E-state index contributed by atoms with van der Waals surface area (Å²) in [7, 11) is 0. The van der Waals surface area contributed by atoms with Crippen molar-refractivity contribution < 1.29 is 9.32 Å². The van der Waals surface area contributed by atoms with Crippen molar-refractivity contribution in [1.82, 2.24) is 15.5 Å². The van der Waals surface area contributed by atoms with Crippen LogP contribution in [0.4, 0.5) is 0 Å². The average molecular weight is 376 g/mol. The molecule has 0 spiro atoms. The van der Waals surface area contributed by atoms with E-state index in [9.17, 15) is 4.79 Å². The lowest BCUT2D eigenvalue weighted by molar-refractivity contribution is 0.0954. The molecule has 0 aliphatic carbocycles. The van der Waals surface area contributed by atoms with E-state index in [2.05, 4.69) is 15.5 Å². The topological polar surface area (TPSA) is 68.0 Å². The second-order valence-corrected chi connectivity index (χ2v) is 6.38. The quantitative estimate of drug-likeness (QED) is 0.720. The van der Waals surface area contributed by atoms with Crippen LogP contribution in [0.3, 0.4) is 0 Å². The number of halogens is 2. The Bertz CT molecular complexity index is 871. The maximum atomic E-state index is 12.2. The number of carbonyl (C=O) groups excluding carboxylic acids is 1. The van der Waals surface area contributed by atoms with E-state index in [-0.39, 0.29) is 5.91 Å². The van der Waals surface area contributed by atoms with Crippen LogP contribution in [0.25, 0.3) is 11.5 Å². The van der Waals surface area contributed by atoms with Gasteiger partial charge in [-0.3, -0.25) is 4.79 Å². The first kappa shape index (κ1) is 17.5. The zero-order valence-corrected chi connectivity index (χ0v) is 14.9. The van der Waals surface area contributed by atoms with E-state index in [0.717, 1.165) is 11.1 Å². The predicted molar refractivity (Wildman–Crippen MR) is 97.0 cm³/mol. The Morgan fingerprint density at radius 3 is 2.40 bits per heavy atom. The molecular formula is C18H15Cl2N3O2. The molecule has 0 aliphatic rings. The van der Waals surface area contributed by atoms with Crippen LogP contribution in [0, 0.1) is 6.92 Å². The Labute approximate surface area is 155 Å². The molecule has 0 aliphatic heterocycles. The number of nitrogens with zero attached hydrogens (tertiary/aromatic N) is 2. The molecule has 1 aromatic heterocycles. The molecule has 0 saturated carbocycles. The van der Waals surface area contributed by atoms with Gasteiger partial charge in [-0.2, -0.15) is 4.98 Å². The highest BCUT2D eigenvalue weighted by atomic mass is 35.5. The molecule has 3 aromatic rings. The van der Waals surface area contributed by atoms with Crippen LogP contribution < -0.4 is 5.32 Å². The smallest absolute Gasteiger partial charge is 0.257 e. The van der Waals surface area contributed by atoms with Crippen molar-refractivity contribution in [3.8, 4) is 11.5 Å². The van der Waals surface area contributed by atoms with E-state index in [1.807, 2.05) is 12.1 Å². The molecule has 0 fully saturated rings. The molecular weight excluding hydrogens is 361 g/mol. The summed E-state index contributed by atoms with van der Waals surface area (Å²) in [6.45, 7) is 2.24. The van der Waals surface area contributed by atoms with Crippen molar-refractivity contribution in [2.24, 2.45) is 0 Å². The van der Waals surface area contributed by atoms with Gasteiger partial charge < -0.3 is 9.84 Å². The Kier molecular flexibility index (Phi) is 5.36. The SMILES string of the molecule is Cc1noc(-c2ccc(C(=O)NCCc3cc(Cl)cc(Cl)c3)cc2)n1. The summed E-state index contributed by atoms with van der Waals surface area (Å²) in [5, 5.41) is 7.79. The van der Waals surface area contributed by atoms with Gasteiger partial charge in [-0.15, -0.1) is 0 Å². The molecule has 0 bridgehead atoms. The number of nitrogens with one attached hydrogen (secondary N) is 1. The van der Waals surface area contributed by atoms with Gasteiger partial charge in [-0.05, 0) is 61.4 Å². The van der Waals surface area contributed by atoms with E-state index in [0.29, 0.717) is 40.3 Å². The van der Waals surface area contributed by atoms with Crippen molar-refractivity contribution in [3.05, 3.63) is 69.5 Å². The fourth-order valence-electron chi connectivity index (χ4n) is 2.36. The number of aromatic nitrogens is 2. The molecule has 7 heteroatoms. The third kappa shape index (κ3) is 4.59. The Morgan fingerprint density at radius 2 is 1.80 bits per heavy atom. The molecule has 3 rings (SSSR count). The minimum Gasteiger partial charge on any atom is -0.352 e. The van der Waals surface area contributed by atoms with Crippen LogP contribution in [0.1, 0.15) is 21.7 Å². The van der Waals surface area contributed by atoms with E-state index >= 15 is 0 Å². The fraction of sp³-hybridized carbons (Fsp3) is 0.167. The highest BCUT2D eigenvalue weighted by Crippen LogP contribution is 2.19. The van der Waals surface area contributed by atoms with Gasteiger partial charge in [-0.1, -0.05) is 28.4 Å². The van der Waals surface area contributed by atoms with Crippen LogP contribution in [-0.4, -0.2) is 22.6 Å². The number of carbonyl (C=O) groups is 1. The van der Waals surface area contributed by atoms with Gasteiger partial charge in [-0.25, -0.2) is 0 Å². The van der Waals surface area contributed by atoms with Gasteiger partial charge >= 0.3 is 0 Å². The van der Waals surface area contributed by atoms with E-state index in [4.69, 9.17) is 27.7 Å². The zero-order chi connectivity index (χ0) is 17.8. The number of hydrogen-bond acceptors (Lipinski definition) is 4. The van der Waals surface area contributed by atoms with Crippen LogP contribution in [0.15, 0.2) is 47.0 Å². The van der Waals surface area contributed by atoms with Crippen LogP contribution in [0.2, 0.25) is 10.0 Å². The van der Waals surface area contributed by atoms with Gasteiger partial charge in [0.25, 0.3) is 11.8 Å². The normalized spacial score (nSPS) is 10.7. The first-order chi connectivity index (χ1) is 12.0. The van der Waals surface area contributed by atoms with Crippen LogP contribution >= 0.6 is 23.2 Å². The van der Waals surface area contributed by atoms with Gasteiger partial charge in [0.15, 0.2) is 5.82 Å². The molecule has 2 aromatic carbocycles. The lowest BCUT2D eigenvalue weighted by Gasteiger charge is -2.07. The maximum Gasteiger partial charge on any atom is 0.257 e. The average Bonchev–Trinajstić information content (AvgIpc) is 3.00. The highest BCUT2D eigenvalue weighted by Gasteiger charge is 2.09. The predicted octanol–water partition coefficient (Wildman–Crippen LogP) is 4.32. The van der Waals surface area contributed by atoms with Gasteiger partial charge in [0.05, 0.1) is 0 Å². The highest BCUT2D eigenvalue weighted by molar-refractivity contribution is 6.34. The van der Waals surface area contributed by atoms with Gasteiger partial charge in [0, 0.05) is 27.7 Å². The summed E-state index contributed by atoms with van der Waals surface area (Å²) in [4.78, 5) is 16.4. The lowest BCUT2D eigenvalue weighted by Crippen LogP contribution is -2.25. The van der Waals surface area contributed by atoms with E-state index in [1.165, 1.54) is 0 Å². The molecule has 1 heterocycles. The van der Waals surface area contributed by atoms with Crippen molar-refractivity contribution in [2.45, 2.75) is 13.3 Å². The van der Waals surface area contributed by atoms with Crippen LogP contribution in [0.5, 0.6) is 0 Å². The number of amides is 1. The summed E-state index contributed by atoms with van der Waals surface area (Å²) < 4.78 is 5.10. The van der Waals surface area contributed by atoms with Crippen LogP contribution in [-0.2, 0) is 6.42 Å². The second-order valence-electron chi connectivity index (χ2n) is 5.51. The molecule has 5 nitrogen and oxygen atoms in total. The number of aryl methyl sites for hydroxylation is 1. The number of benzene rings is 2. The first-order valence-corrected chi connectivity index (χ1v) is 8.41. The summed E-state index contributed by atoms with van der Waals surface area (Å²) in [5.74, 6) is 0.849. The third-order valence-corrected chi connectivity index (χ3v) is 3.98. The Hall–Kier alpha value is -2.37. The molecule has 128 valence electrons. The van der Waals surface area contributed by atoms with Crippen molar-refractivity contribution in [3.63, 3.8) is 0 Å². The number of hydrogen-bond donors (Lipinski definition) is 1. The molecule has 0 unspecified atom stereocenters. The molecule has 0 radical (unpaired) electrons. The standard InChI is InChI=1S/C18H15Cl2N3O2/c1-11-22-18(25-23-11)14-4-2-13(3-5-14)17(24)21-7-6-12-8-15(19)10-16(20)9-12/h2-5,8-10H,6-7H2,1H3,(H,21,24). The largest absolute Gasteiger partial charge is 0.352 e. The summed E-state index contributed by atoms with van der Waals surface area (Å²) in [5.41, 5.74) is 2.30. The van der Waals surface area contributed by atoms with Gasteiger partial charge in [0.1, 0.15) is 0 Å². The van der Waals surface area contributed by atoms with Crippen molar-refractivity contribution >= 4 is 29.1 Å². The number of rotatable bonds is 5. The summed E-state index contributed by atoms with van der Waals surface area (Å²) >= 11 is 11.9. The molecule has 25 heavy (non-hydrogen) atoms. The first-order valence-electron chi connectivity index (χ1n) is 7.65. The fourth-order valence-corrected chi connectivity index (χ4v) is 2.93. The molecule has 0 atom stereocenters. The Balaban J connectivity index is 1.58.